The SMILES string of the molecule is C=CCCCCCCCOCC(=O)OC(C)(C)C. The number of esters is 1. The molecule has 0 aromatic heterocycles. The van der Waals surface area contributed by atoms with Gasteiger partial charge in [0.2, 0.25) is 0 Å². The summed E-state index contributed by atoms with van der Waals surface area (Å²) >= 11 is 0. The number of hydrogen-bond donors (Lipinski definition) is 0. The van der Waals surface area contributed by atoms with E-state index in [4.69, 9.17) is 9.47 Å². The minimum Gasteiger partial charge on any atom is -0.458 e. The van der Waals surface area contributed by atoms with Crippen molar-refractivity contribution in [3.05, 3.63) is 12.7 Å². The van der Waals surface area contributed by atoms with E-state index in [2.05, 4.69) is 6.58 Å². The number of carbonyl (C=O) groups is 1. The predicted octanol–water partition coefficient (Wildman–Crippen LogP) is 3.87. The Labute approximate surface area is 112 Å². The average molecular weight is 256 g/mol. The first-order chi connectivity index (χ1) is 8.45. The third-order valence-electron chi connectivity index (χ3n) is 2.34. The van der Waals surface area contributed by atoms with Crippen molar-refractivity contribution < 1.29 is 14.3 Å². The molecule has 0 aliphatic rings. The highest BCUT2D eigenvalue weighted by Crippen LogP contribution is 2.08. The number of allylic oxidation sites excluding steroid dienone is 1. The van der Waals surface area contributed by atoms with Crippen LogP contribution in [0, 0.1) is 0 Å². The van der Waals surface area contributed by atoms with E-state index in [0.717, 1.165) is 19.3 Å². The molecular formula is C15H28O3. The number of carbonyl (C=O) groups excluding carboxylic acids is 1. The Morgan fingerprint density at radius 1 is 1.11 bits per heavy atom. The summed E-state index contributed by atoms with van der Waals surface area (Å²) in [6, 6.07) is 0. The number of ether oxygens (including phenoxy) is 2. The minimum atomic E-state index is -0.425. The van der Waals surface area contributed by atoms with Gasteiger partial charge in [0.05, 0.1) is 0 Å². The van der Waals surface area contributed by atoms with Gasteiger partial charge >= 0.3 is 5.97 Å². The summed E-state index contributed by atoms with van der Waals surface area (Å²) in [7, 11) is 0. The molecule has 18 heavy (non-hydrogen) atoms. The average Bonchev–Trinajstić information content (AvgIpc) is 2.24. The van der Waals surface area contributed by atoms with E-state index in [1.165, 1.54) is 19.3 Å². The fraction of sp³-hybridized carbons (Fsp3) is 0.800. The van der Waals surface area contributed by atoms with Crippen LogP contribution in [0.3, 0.4) is 0 Å². The molecule has 0 rings (SSSR count). The normalized spacial score (nSPS) is 11.3. The quantitative estimate of drug-likeness (QED) is 0.338. The Balaban J connectivity index is 3.25. The van der Waals surface area contributed by atoms with Crippen molar-refractivity contribution in [1.82, 2.24) is 0 Å². The van der Waals surface area contributed by atoms with Crippen molar-refractivity contribution in [2.24, 2.45) is 0 Å². The second-order valence-electron chi connectivity index (χ2n) is 5.48. The Kier molecular flexibility index (Phi) is 9.66. The topological polar surface area (TPSA) is 35.5 Å². The summed E-state index contributed by atoms with van der Waals surface area (Å²) in [5, 5.41) is 0. The van der Waals surface area contributed by atoms with E-state index in [1.54, 1.807) is 0 Å². The molecule has 0 saturated heterocycles. The maximum atomic E-state index is 11.3. The Morgan fingerprint density at radius 3 is 2.33 bits per heavy atom. The molecule has 0 heterocycles. The molecular weight excluding hydrogens is 228 g/mol. The molecule has 3 heteroatoms. The van der Waals surface area contributed by atoms with Gasteiger partial charge in [0.1, 0.15) is 12.2 Å². The van der Waals surface area contributed by atoms with Crippen molar-refractivity contribution in [3.63, 3.8) is 0 Å². The zero-order valence-electron chi connectivity index (χ0n) is 12.2. The fourth-order valence-electron chi connectivity index (χ4n) is 1.55. The molecule has 0 radical (unpaired) electrons. The van der Waals surface area contributed by atoms with Crippen LogP contribution in [0.5, 0.6) is 0 Å². The molecule has 0 N–H and O–H groups in total. The van der Waals surface area contributed by atoms with E-state index >= 15 is 0 Å². The van der Waals surface area contributed by atoms with Crippen molar-refractivity contribution in [2.75, 3.05) is 13.2 Å². The van der Waals surface area contributed by atoms with Gasteiger partial charge in [0.25, 0.3) is 0 Å². The van der Waals surface area contributed by atoms with Crippen molar-refractivity contribution in [1.29, 1.82) is 0 Å². The smallest absolute Gasteiger partial charge is 0.332 e. The molecule has 0 amide bonds. The van der Waals surface area contributed by atoms with Crippen LogP contribution < -0.4 is 0 Å². The van der Waals surface area contributed by atoms with Gasteiger partial charge in [-0.05, 0) is 40.0 Å². The Hall–Kier alpha value is -0.830. The van der Waals surface area contributed by atoms with Crippen LogP contribution in [0.25, 0.3) is 0 Å². The Morgan fingerprint density at radius 2 is 1.72 bits per heavy atom. The molecule has 0 bridgehead atoms. The maximum Gasteiger partial charge on any atom is 0.332 e. The molecule has 0 spiro atoms. The van der Waals surface area contributed by atoms with Gasteiger partial charge in [0, 0.05) is 6.61 Å². The van der Waals surface area contributed by atoms with Gasteiger partial charge in [-0.25, -0.2) is 4.79 Å². The highest BCUT2D eigenvalue weighted by atomic mass is 16.6. The lowest BCUT2D eigenvalue weighted by atomic mass is 10.1. The van der Waals surface area contributed by atoms with Crippen LogP contribution in [-0.2, 0) is 14.3 Å². The molecule has 106 valence electrons. The standard InChI is InChI=1S/C15H28O3/c1-5-6-7-8-9-10-11-12-17-13-14(16)18-15(2,3)4/h5H,1,6-13H2,2-4H3. The molecule has 0 fully saturated rings. The summed E-state index contributed by atoms with van der Waals surface area (Å²) in [4.78, 5) is 11.3. The summed E-state index contributed by atoms with van der Waals surface area (Å²) < 4.78 is 10.4. The molecule has 0 atom stereocenters. The van der Waals surface area contributed by atoms with Gasteiger partial charge in [0.15, 0.2) is 0 Å². The van der Waals surface area contributed by atoms with Crippen LogP contribution in [0.1, 0.15) is 59.3 Å². The second kappa shape index (κ2) is 10.1. The van der Waals surface area contributed by atoms with Crippen LogP contribution in [0.4, 0.5) is 0 Å². The van der Waals surface area contributed by atoms with Crippen LogP contribution in [0.15, 0.2) is 12.7 Å². The summed E-state index contributed by atoms with van der Waals surface area (Å²) in [5.41, 5.74) is -0.425. The van der Waals surface area contributed by atoms with E-state index < -0.39 is 5.60 Å². The molecule has 0 aromatic carbocycles. The summed E-state index contributed by atoms with van der Waals surface area (Å²) in [5.74, 6) is -0.284. The first kappa shape index (κ1) is 17.2. The number of unbranched alkanes of at least 4 members (excludes halogenated alkanes) is 5. The van der Waals surface area contributed by atoms with Gasteiger partial charge in [-0.2, -0.15) is 0 Å². The lowest BCUT2D eigenvalue weighted by Crippen LogP contribution is -2.26. The summed E-state index contributed by atoms with van der Waals surface area (Å²) in [6.07, 6.45) is 8.94. The Bertz CT molecular complexity index is 228. The molecule has 0 aliphatic heterocycles. The van der Waals surface area contributed by atoms with Crippen molar-refractivity contribution in [2.45, 2.75) is 64.9 Å². The molecule has 0 aromatic rings. The highest BCUT2D eigenvalue weighted by Gasteiger charge is 2.15. The first-order valence-electron chi connectivity index (χ1n) is 6.86. The lowest BCUT2D eigenvalue weighted by Gasteiger charge is -2.19. The zero-order chi connectivity index (χ0) is 13.9. The van der Waals surface area contributed by atoms with Crippen LogP contribution in [-0.4, -0.2) is 24.8 Å². The molecule has 0 saturated carbocycles. The molecule has 0 aliphatic carbocycles. The minimum absolute atomic E-state index is 0.0632. The van der Waals surface area contributed by atoms with Gasteiger partial charge < -0.3 is 9.47 Å². The third-order valence-corrected chi connectivity index (χ3v) is 2.34. The van der Waals surface area contributed by atoms with Crippen molar-refractivity contribution >= 4 is 5.97 Å². The van der Waals surface area contributed by atoms with Gasteiger partial charge in [-0.1, -0.05) is 25.3 Å². The first-order valence-corrected chi connectivity index (χ1v) is 6.86. The van der Waals surface area contributed by atoms with Crippen LogP contribution >= 0.6 is 0 Å². The second-order valence-corrected chi connectivity index (χ2v) is 5.48. The van der Waals surface area contributed by atoms with E-state index in [9.17, 15) is 4.79 Å². The monoisotopic (exact) mass is 256 g/mol. The number of hydrogen-bond acceptors (Lipinski definition) is 3. The van der Waals surface area contributed by atoms with Crippen LogP contribution in [0.2, 0.25) is 0 Å². The number of rotatable bonds is 10. The zero-order valence-corrected chi connectivity index (χ0v) is 12.2. The van der Waals surface area contributed by atoms with E-state index in [0.29, 0.717) is 6.61 Å². The lowest BCUT2D eigenvalue weighted by molar-refractivity contribution is -0.160. The maximum absolute atomic E-state index is 11.3. The van der Waals surface area contributed by atoms with E-state index in [1.807, 2.05) is 26.8 Å². The predicted molar refractivity (Wildman–Crippen MR) is 74.6 cm³/mol. The molecule has 3 nitrogen and oxygen atoms in total. The fourth-order valence-corrected chi connectivity index (χ4v) is 1.55. The highest BCUT2D eigenvalue weighted by molar-refractivity contribution is 5.71. The van der Waals surface area contributed by atoms with E-state index in [-0.39, 0.29) is 12.6 Å². The largest absolute Gasteiger partial charge is 0.458 e. The van der Waals surface area contributed by atoms with Crippen molar-refractivity contribution in [3.8, 4) is 0 Å². The third kappa shape index (κ3) is 13.2. The van der Waals surface area contributed by atoms with Gasteiger partial charge in [-0.3, -0.25) is 0 Å². The summed E-state index contributed by atoms with van der Waals surface area (Å²) in [6.45, 7) is 9.97. The molecule has 0 unspecified atom stereocenters. The van der Waals surface area contributed by atoms with Gasteiger partial charge in [-0.15, -0.1) is 6.58 Å².